The Balaban J connectivity index is 1.65. The van der Waals surface area contributed by atoms with Crippen LogP contribution < -0.4 is 5.32 Å². The van der Waals surface area contributed by atoms with Crippen LogP contribution in [0.4, 0.5) is 5.82 Å². The Morgan fingerprint density at radius 3 is 2.68 bits per heavy atom. The molecule has 2 fully saturated rings. The van der Waals surface area contributed by atoms with Gasteiger partial charge in [-0.15, -0.1) is 0 Å². The number of fused-ring (bicyclic) bond motifs is 2. The van der Waals surface area contributed by atoms with Gasteiger partial charge in [-0.25, -0.2) is 0 Å². The molecular weight excluding hydrogens is 378 g/mol. The van der Waals surface area contributed by atoms with E-state index in [2.05, 4.69) is 10.5 Å². The molecule has 150 valence electrons. The van der Waals surface area contributed by atoms with Crippen LogP contribution in [0.25, 0.3) is 11.3 Å². The Morgan fingerprint density at radius 1 is 1.29 bits per heavy atom. The summed E-state index contributed by atoms with van der Waals surface area (Å²) in [6.07, 6.45) is 4.96. The zero-order chi connectivity index (χ0) is 19.5. The highest BCUT2D eigenvalue weighted by Gasteiger charge is 2.36. The van der Waals surface area contributed by atoms with Crippen molar-refractivity contribution in [2.75, 3.05) is 38.7 Å². The molecule has 6 nitrogen and oxygen atoms in total. The fourth-order valence-electron chi connectivity index (χ4n) is 4.43. The van der Waals surface area contributed by atoms with E-state index in [0.717, 1.165) is 18.7 Å². The number of amides is 1. The number of rotatable bonds is 6. The first-order chi connectivity index (χ1) is 13.7. The van der Waals surface area contributed by atoms with Crippen LogP contribution in [0, 0.1) is 11.8 Å². The Kier molecular flexibility index (Phi) is 5.87. The van der Waals surface area contributed by atoms with E-state index < -0.39 is 0 Å². The molecule has 1 aromatic carbocycles. The van der Waals surface area contributed by atoms with Gasteiger partial charge in [-0.3, -0.25) is 4.79 Å². The lowest BCUT2D eigenvalue weighted by molar-refractivity contribution is 0.0505. The molecule has 0 radical (unpaired) electrons. The van der Waals surface area contributed by atoms with E-state index in [1.807, 2.05) is 17.0 Å². The van der Waals surface area contributed by atoms with Gasteiger partial charge in [0, 0.05) is 37.3 Å². The summed E-state index contributed by atoms with van der Waals surface area (Å²) in [4.78, 5) is 15.5. The van der Waals surface area contributed by atoms with Crippen LogP contribution in [-0.4, -0.2) is 49.3 Å². The van der Waals surface area contributed by atoms with Crippen LogP contribution in [0.15, 0.2) is 28.8 Å². The van der Waals surface area contributed by atoms with Crippen LogP contribution >= 0.6 is 11.6 Å². The van der Waals surface area contributed by atoms with Gasteiger partial charge < -0.3 is 19.5 Å². The molecule has 0 spiro atoms. The van der Waals surface area contributed by atoms with E-state index in [4.69, 9.17) is 20.9 Å². The van der Waals surface area contributed by atoms with Gasteiger partial charge in [0.2, 0.25) is 0 Å². The average molecular weight is 404 g/mol. The maximum atomic E-state index is 13.5. The van der Waals surface area contributed by atoms with Gasteiger partial charge in [0.1, 0.15) is 5.56 Å². The number of nitrogens with zero attached hydrogens (tertiary/aromatic N) is 2. The van der Waals surface area contributed by atoms with Crippen molar-refractivity contribution in [1.29, 1.82) is 0 Å². The maximum Gasteiger partial charge on any atom is 0.261 e. The van der Waals surface area contributed by atoms with Crippen molar-refractivity contribution in [3.8, 4) is 11.3 Å². The Morgan fingerprint density at radius 2 is 2.00 bits per heavy atom. The number of aromatic nitrogens is 1. The summed E-state index contributed by atoms with van der Waals surface area (Å²) in [5.74, 6) is 2.17. The van der Waals surface area contributed by atoms with Gasteiger partial charge in [0.05, 0.1) is 6.61 Å². The van der Waals surface area contributed by atoms with Crippen molar-refractivity contribution in [1.82, 2.24) is 10.1 Å². The highest BCUT2D eigenvalue weighted by molar-refractivity contribution is 6.30. The van der Waals surface area contributed by atoms with E-state index in [1.165, 1.54) is 25.7 Å². The third kappa shape index (κ3) is 4.03. The number of anilines is 1. The second kappa shape index (κ2) is 8.53. The number of halogens is 1. The zero-order valence-electron chi connectivity index (χ0n) is 16.1. The smallest absolute Gasteiger partial charge is 0.261 e. The Labute approximate surface area is 170 Å². The average Bonchev–Trinajstić information content (AvgIpc) is 3.11. The molecule has 2 atom stereocenters. The minimum absolute atomic E-state index is 0.0114. The molecule has 1 amide bonds. The predicted molar refractivity (Wildman–Crippen MR) is 109 cm³/mol. The molecule has 2 aromatic rings. The number of hydrogen-bond acceptors (Lipinski definition) is 5. The van der Waals surface area contributed by atoms with Gasteiger partial charge in [-0.1, -0.05) is 23.2 Å². The Bertz CT molecular complexity index is 809. The molecule has 1 saturated carbocycles. The van der Waals surface area contributed by atoms with E-state index in [9.17, 15) is 4.79 Å². The number of piperidine rings is 1. The van der Waals surface area contributed by atoms with Crippen LogP contribution in [0.2, 0.25) is 5.02 Å². The quantitative estimate of drug-likeness (QED) is 0.727. The molecule has 1 saturated heterocycles. The summed E-state index contributed by atoms with van der Waals surface area (Å²) in [6, 6.07) is 7.28. The highest BCUT2D eigenvalue weighted by atomic mass is 35.5. The monoisotopic (exact) mass is 403 g/mol. The summed E-state index contributed by atoms with van der Waals surface area (Å²) in [7, 11) is 1.64. The van der Waals surface area contributed by atoms with Crippen LogP contribution in [0.1, 0.15) is 36.0 Å². The molecule has 28 heavy (non-hydrogen) atoms. The zero-order valence-corrected chi connectivity index (χ0v) is 16.9. The van der Waals surface area contributed by atoms with Gasteiger partial charge in [-0.2, -0.15) is 0 Å². The van der Waals surface area contributed by atoms with E-state index in [-0.39, 0.29) is 5.91 Å². The van der Waals surface area contributed by atoms with Gasteiger partial charge in [-0.05, 0) is 55.4 Å². The van der Waals surface area contributed by atoms with Crippen molar-refractivity contribution in [2.24, 2.45) is 11.8 Å². The van der Waals surface area contributed by atoms with Crippen LogP contribution in [-0.2, 0) is 4.74 Å². The Hall–Kier alpha value is -2.05. The molecular formula is C21H26ClN3O3. The molecule has 0 unspecified atom stereocenters. The molecule has 7 heteroatoms. The lowest BCUT2D eigenvalue weighted by Gasteiger charge is -2.41. The topological polar surface area (TPSA) is 67.6 Å². The van der Waals surface area contributed by atoms with Crippen LogP contribution in [0.3, 0.4) is 0 Å². The largest absolute Gasteiger partial charge is 0.383 e. The van der Waals surface area contributed by atoms with Crippen molar-refractivity contribution in [3.63, 3.8) is 0 Å². The summed E-state index contributed by atoms with van der Waals surface area (Å²) in [6.45, 7) is 2.70. The molecule has 2 heterocycles. The maximum absolute atomic E-state index is 13.5. The van der Waals surface area contributed by atoms with Crippen LogP contribution in [0.5, 0.6) is 0 Å². The number of hydrogen-bond donors (Lipinski definition) is 1. The molecule has 4 rings (SSSR count). The van der Waals surface area contributed by atoms with Crippen molar-refractivity contribution >= 4 is 23.3 Å². The molecule has 1 aliphatic heterocycles. The van der Waals surface area contributed by atoms with E-state index in [0.29, 0.717) is 47.2 Å². The summed E-state index contributed by atoms with van der Waals surface area (Å²) < 4.78 is 10.7. The molecule has 1 aliphatic carbocycles. The third-order valence-electron chi connectivity index (χ3n) is 5.75. The van der Waals surface area contributed by atoms with Crippen molar-refractivity contribution < 1.29 is 14.1 Å². The second-order valence-corrected chi connectivity index (χ2v) is 8.21. The number of carbonyl (C=O) groups excluding carboxylic acids is 1. The fraction of sp³-hybridized carbons (Fsp3) is 0.524. The minimum Gasteiger partial charge on any atom is -0.383 e. The number of carbonyl (C=O) groups is 1. The number of methoxy groups -OCH3 is 1. The molecule has 2 bridgehead atoms. The first-order valence-electron chi connectivity index (χ1n) is 9.93. The standard InChI is InChI=1S/C21H26ClN3O3/c1-27-10-9-23-20-18(19(28-24-20)16-5-7-17(22)8-6-16)21(26)25-12-14-3-2-4-15(11-14)13-25/h5-8,14-15H,2-4,9-13H2,1H3,(H,23,24)/t14-,15+. The van der Waals surface area contributed by atoms with Gasteiger partial charge in [0.25, 0.3) is 5.91 Å². The lowest BCUT2D eigenvalue weighted by Crippen LogP contribution is -2.45. The molecule has 1 aromatic heterocycles. The van der Waals surface area contributed by atoms with Gasteiger partial charge in [0.15, 0.2) is 11.6 Å². The van der Waals surface area contributed by atoms with Crippen molar-refractivity contribution in [2.45, 2.75) is 25.7 Å². The van der Waals surface area contributed by atoms with E-state index in [1.54, 1.807) is 19.2 Å². The van der Waals surface area contributed by atoms with Crippen molar-refractivity contribution in [3.05, 3.63) is 34.9 Å². The number of ether oxygens (including phenoxy) is 1. The third-order valence-corrected chi connectivity index (χ3v) is 6.00. The minimum atomic E-state index is -0.0114. The number of likely N-dealkylation sites (tertiary alicyclic amines) is 1. The SMILES string of the molecule is COCCNc1noc(-c2ccc(Cl)cc2)c1C(=O)N1C[C@@H]2CCC[C@@H](C2)C1. The highest BCUT2D eigenvalue weighted by Crippen LogP contribution is 2.37. The molecule has 1 N–H and O–H groups in total. The summed E-state index contributed by atoms with van der Waals surface area (Å²) in [5.41, 5.74) is 1.29. The predicted octanol–water partition coefficient (Wildman–Crippen LogP) is 4.32. The summed E-state index contributed by atoms with van der Waals surface area (Å²) >= 11 is 6.02. The fourth-order valence-corrected chi connectivity index (χ4v) is 4.56. The molecule has 2 aliphatic rings. The number of nitrogens with one attached hydrogen (secondary N) is 1. The normalized spacial score (nSPS) is 21.6. The van der Waals surface area contributed by atoms with Gasteiger partial charge >= 0.3 is 0 Å². The first kappa shape index (κ1) is 19.3. The summed E-state index contributed by atoms with van der Waals surface area (Å²) in [5, 5.41) is 7.97. The number of benzene rings is 1. The lowest BCUT2D eigenvalue weighted by atomic mass is 9.78. The second-order valence-electron chi connectivity index (χ2n) is 7.77. The first-order valence-corrected chi connectivity index (χ1v) is 10.3. The van der Waals surface area contributed by atoms with E-state index >= 15 is 0 Å².